The molecule has 25 heavy (non-hydrogen) atoms. The van der Waals surface area contributed by atoms with Crippen molar-refractivity contribution in [1.29, 1.82) is 0 Å². The molecule has 0 spiro atoms. The van der Waals surface area contributed by atoms with Crippen LogP contribution in [0.4, 0.5) is 5.69 Å². The Hall–Kier alpha value is -2.75. The summed E-state index contributed by atoms with van der Waals surface area (Å²) >= 11 is 0. The number of hydrogen-bond acceptors (Lipinski definition) is 3. The second-order valence-electron chi connectivity index (χ2n) is 5.99. The van der Waals surface area contributed by atoms with Crippen molar-refractivity contribution in [2.45, 2.75) is 26.4 Å². The van der Waals surface area contributed by atoms with Crippen LogP contribution < -0.4 is 14.4 Å². The molecule has 0 saturated heterocycles. The van der Waals surface area contributed by atoms with Crippen LogP contribution in [-0.4, -0.2) is 25.7 Å². The molecule has 1 aliphatic rings. The first kappa shape index (κ1) is 17.1. The van der Waals surface area contributed by atoms with Gasteiger partial charge < -0.3 is 14.4 Å². The smallest absolute Gasteiger partial charge is 0.258 e. The average Bonchev–Trinajstić information content (AvgIpc) is 2.67. The molecule has 1 amide bonds. The number of ether oxygens (including phenoxy) is 2. The Balaban J connectivity index is 2.01. The topological polar surface area (TPSA) is 38.8 Å². The summed E-state index contributed by atoms with van der Waals surface area (Å²) in [4.78, 5) is 14.9. The van der Waals surface area contributed by atoms with E-state index in [0.29, 0.717) is 12.1 Å². The van der Waals surface area contributed by atoms with E-state index in [1.54, 1.807) is 19.2 Å². The summed E-state index contributed by atoms with van der Waals surface area (Å²) in [7, 11) is 1.61. The first-order valence-electron chi connectivity index (χ1n) is 8.56. The lowest BCUT2D eigenvalue weighted by Gasteiger charge is -2.35. The number of hydrogen-bond donors (Lipinski definition) is 0. The number of para-hydroxylation sites is 1. The van der Waals surface area contributed by atoms with Crippen LogP contribution in [0.2, 0.25) is 0 Å². The fourth-order valence-corrected chi connectivity index (χ4v) is 2.99. The van der Waals surface area contributed by atoms with E-state index in [0.717, 1.165) is 29.2 Å². The lowest BCUT2D eigenvalue weighted by molar-refractivity contribution is 0.0954. The van der Waals surface area contributed by atoms with Crippen LogP contribution in [-0.2, 0) is 0 Å². The molecule has 1 atom stereocenters. The number of carbonyl (C=O) groups excluding carboxylic acids is 1. The molecule has 4 heteroatoms. The highest BCUT2D eigenvalue weighted by Crippen LogP contribution is 2.38. The fraction of sp³-hybridized carbons (Fsp3) is 0.286. The van der Waals surface area contributed by atoms with Gasteiger partial charge in [-0.25, -0.2) is 0 Å². The molecule has 2 aromatic carbocycles. The van der Waals surface area contributed by atoms with Crippen LogP contribution in [0.15, 0.2) is 48.5 Å². The van der Waals surface area contributed by atoms with E-state index < -0.39 is 0 Å². The van der Waals surface area contributed by atoms with Crippen molar-refractivity contribution >= 4 is 17.7 Å². The SMILES string of the molecule is C/C=C\c1cccc2c1OC(CC)CN2C(=O)c1ccc(OC)cc1. The van der Waals surface area contributed by atoms with Crippen LogP contribution in [0.25, 0.3) is 6.08 Å². The van der Waals surface area contributed by atoms with Gasteiger partial charge in [-0.1, -0.05) is 31.2 Å². The van der Waals surface area contributed by atoms with Gasteiger partial charge in [0, 0.05) is 11.1 Å². The maximum atomic E-state index is 13.1. The van der Waals surface area contributed by atoms with Crippen LogP contribution in [0, 0.1) is 0 Å². The monoisotopic (exact) mass is 337 g/mol. The molecule has 0 fully saturated rings. The number of methoxy groups -OCH3 is 1. The zero-order valence-corrected chi connectivity index (χ0v) is 14.9. The molecular formula is C21H23NO3. The van der Waals surface area contributed by atoms with Crippen molar-refractivity contribution in [1.82, 2.24) is 0 Å². The average molecular weight is 337 g/mol. The number of anilines is 1. The Labute approximate surface area is 148 Å². The molecule has 1 heterocycles. The van der Waals surface area contributed by atoms with Crippen molar-refractivity contribution in [3.05, 3.63) is 59.7 Å². The number of allylic oxidation sites excluding steroid dienone is 1. The third-order valence-corrected chi connectivity index (χ3v) is 4.37. The predicted molar refractivity (Wildman–Crippen MR) is 101 cm³/mol. The minimum Gasteiger partial charge on any atom is -0.497 e. The lowest BCUT2D eigenvalue weighted by Crippen LogP contribution is -2.43. The highest BCUT2D eigenvalue weighted by molar-refractivity contribution is 6.07. The third-order valence-electron chi connectivity index (χ3n) is 4.37. The van der Waals surface area contributed by atoms with Crippen molar-refractivity contribution in [2.24, 2.45) is 0 Å². The normalized spacial score (nSPS) is 16.4. The van der Waals surface area contributed by atoms with E-state index in [-0.39, 0.29) is 12.0 Å². The van der Waals surface area contributed by atoms with Gasteiger partial charge in [0.05, 0.1) is 19.3 Å². The Bertz CT molecular complexity index is 780. The van der Waals surface area contributed by atoms with Gasteiger partial charge in [-0.15, -0.1) is 0 Å². The minimum atomic E-state index is -0.0247. The molecule has 0 radical (unpaired) electrons. The molecule has 0 aliphatic carbocycles. The summed E-state index contributed by atoms with van der Waals surface area (Å²) in [6.07, 6.45) is 4.81. The van der Waals surface area contributed by atoms with Crippen LogP contribution in [0.3, 0.4) is 0 Å². The van der Waals surface area contributed by atoms with E-state index >= 15 is 0 Å². The van der Waals surface area contributed by atoms with Gasteiger partial charge in [0.15, 0.2) is 5.75 Å². The van der Waals surface area contributed by atoms with E-state index in [4.69, 9.17) is 9.47 Å². The summed E-state index contributed by atoms with van der Waals surface area (Å²) in [6.45, 7) is 4.59. The van der Waals surface area contributed by atoms with Gasteiger partial charge in [-0.2, -0.15) is 0 Å². The van der Waals surface area contributed by atoms with E-state index in [1.807, 2.05) is 54.3 Å². The first-order chi connectivity index (χ1) is 12.2. The third kappa shape index (κ3) is 3.38. The predicted octanol–water partition coefficient (Wildman–Crippen LogP) is 4.55. The second-order valence-corrected chi connectivity index (χ2v) is 5.99. The molecule has 2 aromatic rings. The molecule has 1 unspecified atom stereocenters. The first-order valence-corrected chi connectivity index (χ1v) is 8.56. The van der Waals surface area contributed by atoms with Gasteiger partial charge in [0.1, 0.15) is 11.9 Å². The van der Waals surface area contributed by atoms with E-state index in [2.05, 4.69) is 6.92 Å². The molecule has 4 nitrogen and oxygen atoms in total. The standard InChI is InChI=1S/C21H23NO3/c1-4-7-15-8-6-9-19-20(15)25-17(5-2)14-22(19)21(23)16-10-12-18(24-3)13-11-16/h4,6-13,17H,5,14H2,1-3H3/b7-4-. The van der Waals surface area contributed by atoms with Gasteiger partial charge in [-0.3, -0.25) is 4.79 Å². The Morgan fingerprint density at radius 3 is 2.68 bits per heavy atom. The zero-order chi connectivity index (χ0) is 17.8. The van der Waals surface area contributed by atoms with Crippen LogP contribution in [0.1, 0.15) is 36.2 Å². The molecular weight excluding hydrogens is 314 g/mol. The molecule has 0 aromatic heterocycles. The van der Waals surface area contributed by atoms with Crippen LogP contribution in [0.5, 0.6) is 11.5 Å². The van der Waals surface area contributed by atoms with Gasteiger partial charge in [0.25, 0.3) is 5.91 Å². The molecule has 3 rings (SSSR count). The molecule has 0 saturated carbocycles. The maximum Gasteiger partial charge on any atom is 0.258 e. The Morgan fingerprint density at radius 2 is 2.04 bits per heavy atom. The fourth-order valence-electron chi connectivity index (χ4n) is 2.99. The van der Waals surface area contributed by atoms with Crippen LogP contribution >= 0.6 is 0 Å². The number of carbonyl (C=O) groups is 1. The number of fused-ring (bicyclic) bond motifs is 1. The van der Waals surface area contributed by atoms with Crippen molar-refractivity contribution < 1.29 is 14.3 Å². The van der Waals surface area contributed by atoms with Gasteiger partial charge in [-0.05, 0) is 43.7 Å². The highest BCUT2D eigenvalue weighted by atomic mass is 16.5. The van der Waals surface area contributed by atoms with Crippen molar-refractivity contribution in [3.63, 3.8) is 0 Å². The Kier molecular flexibility index (Phi) is 5.08. The minimum absolute atomic E-state index is 0.0129. The van der Waals surface area contributed by atoms with Gasteiger partial charge >= 0.3 is 0 Å². The highest BCUT2D eigenvalue weighted by Gasteiger charge is 2.30. The summed E-state index contributed by atoms with van der Waals surface area (Å²) < 4.78 is 11.3. The second kappa shape index (κ2) is 7.43. The van der Waals surface area contributed by atoms with Crippen molar-refractivity contribution in [3.8, 4) is 11.5 Å². The summed E-state index contributed by atoms with van der Waals surface area (Å²) in [5, 5.41) is 0. The number of nitrogens with zero attached hydrogens (tertiary/aromatic N) is 1. The Morgan fingerprint density at radius 1 is 1.28 bits per heavy atom. The van der Waals surface area contributed by atoms with E-state index in [1.165, 1.54) is 0 Å². The maximum absolute atomic E-state index is 13.1. The number of benzene rings is 2. The summed E-state index contributed by atoms with van der Waals surface area (Å²) in [5.74, 6) is 1.49. The lowest BCUT2D eigenvalue weighted by atomic mass is 10.1. The van der Waals surface area contributed by atoms with Crippen molar-refractivity contribution in [2.75, 3.05) is 18.6 Å². The summed E-state index contributed by atoms with van der Waals surface area (Å²) in [6, 6.07) is 13.1. The van der Waals surface area contributed by atoms with Gasteiger partial charge in [0.2, 0.25) is 0 Å². The largest absolute Gasteiger partial charge is 0.497 e. The molecule has 0 N–H and O–H groups in total. The quantitative estimate of drug-likeness (QED) is 0.822. The number of amides is 1. The zero-order valence-electron chi connectivity index (χ0n) is 14.9. The number of rotatable bonds is 4. The summed E-state index contributed by atoms with van der Waals surface area (Å²) in [5.41, 5.74) is 2.45. The molecule has 1 aliphatic heterocycles. The van der Waals surface area contributed by atoms with E-state index in [9.17, 15) is 4.79 Å². The molecule has 0 bridgehead atoms. The molecule has 130 valence electrons.